The van der Waals surface area contributed by atoms with Gasteiger partial charge in [0.1, 0.15) is 11.5 Å². The fourth-order valence-corrected chi connectivity index (χ4v) is 2.14. The van der Waals surface area contributed by atoms with E-state index in [0.717, 1.165) is 22.2 Å². The summed E-state index contributed by atoms with van der Waals surface area (Å²) in [7, 11) is 0. The number of carboxylic acids is 1. The van der Waals surface area contributed by atoms with E-state index in [9.17, 15) is 4.79 Å². The van der Waals surface area contributed by atoms with E-state index >= 15 is 0 Å². The molecular weight excluding hydrogens is 266 g/mol. The van der Waals surface area contributed by atoms with Gasteiger partial charge in [0.15, 0.2) is 0 Å². The van der Waals surface area contributed by atoms with Crippen molar-refractivity contribution in [2.24, 2.45) is 0 Å². The molecule has 0 bridgehead atoms. The van der Waals surface area contributed by atoms with Crippen molar-refractivity contribution in [3.05, 3.63) is 66.4 Å². The highest BCUT2D eigenvalue weighted by atomic mass is 16.5. The van der Waals surface area contributed by atoms with Gasteiger partial charge in [-0.1, -0.05) is 24.3 Å². The van der Waals surface area contributed by atoms with Gasteiger partial charge in [0, 0.05) is 11.6 Å². The maximum absolute atomic E-state index is 10.7. The average Bonchev–Trinajstić information content (AvgIpc) is 2.49. The number of nitrogens with zero attached hydrogens (tertiary/aromatic N) is 1. The summed E-state index contributed by atoms with van der Waals surface area (Å²) in [6.45, 7) is 0. The minimum absolute atomic E-state index is 0.0124. The molecule has 0 saturated carbocycles. The van der Waals surface area contributed by atoms with Crippen LogP contribution in [0.5, 0.6) is 11.5 Å². The number of para-hydroxylation sites is 1. The van der Waals surface area contributed by atoms with E-state index in [1.165, 1.54) is 0 Å². The van der Waals surface area contributed by atoms with Gasteiger partial charge in [-0.05, 0) is 35.9 Å². The zero-order chi connectivity index (χ0) is 14.7. The molecule has 21 heavy (non-hydrogen) atoms. The molecule has 0 spiro atoms. The first-order valence-corrected chi connectivity index (χ1v) is 6.55. The second kappa shape index (κ2) is 5.63. The van der Waals surface area contributed by atoms with Crippen molar-refractivity contribution in [2.45, 2.75) is 6.42 Å². The molecule has 0 aliphatic heterocycles. The van der Waals surface area contributed by atoms with Crippen molar-refractivity contribution in [2.75, 3.05) is 0 Å². The molecule has 0 amide bonds. The minimum atomic E-state index is -0.844. The van der Waals surface area contributed by atoms with Gasteiger partial charge in [0.25, 0.3) is 0 Å². The lowest BCUT2D eigenvalue weighted by atomic mass is 10.1. The number of ether oxygens (including phenoxy) is 1. The number of aliphatic carboxylic acids is 1. The molecule has 4 heteroatoms. The molecule has 1 aromatic heterocycles. The monoisotopic (exact) mass is 279 g/mol. The van der Waals surface area contributed by atoms with Crippen LogP contribution in [0.1, 0.15) is 5.56 Å². The Bertz CT molecular complexity index is 776. The first-order chi connectivity index (χ1) is 10.2. The van der Waals surface area contributed by atoms with E-state index in [1.54, 1.807) is 30.5 Å². The number of carbonyl (C=O) groups is 1. The van der Waals surface area contributed by atoms with Crippen molar-refractivity contribution in [3.8, 4) is 11.5 Å². The Labute approximate surface area is 121 Å². The maximum atomic E-state index is 10.7. The van der Waals surface area contributed by atoms with Crippen molar-refractivity contribution < 1.29 is 14.6 Å². The number of pyridine rings is 1. The van der Waals surface area contributed by atoms with Crippen LogP contribution >= 0.6 is 0 Å². The molecule has 104 valence electrons. The molecule has 1 N–H and O–H groups in total. The fourth-order valence-electron chi connectivity index (χ4n) is 2.14. The standard InChI is InChI=1S/C17H13NO3/c19-17(20)11-12-5-7-13(8-6-12)21-16-9-10-18-15-4-2-1-3-14(15)16/h1-10H,11H2,(H,19,20). The minimum Gasteiger partial charge on any atom is -0.481 e. The molecule has 0 aliphatic carbocycles. The first-order valence-electron chi connectivity index (χ1n) is 6.55. The Balaban J connectivity index is 1.87. The number of benzene rings is 2. The molecule has 0 radical (unpaired) electrons. The Morgan fingerprint density at radius 3 is 2.57 bits per heavy atom. The molecule has 0 saturated heterocycles. The number of hydrogen-bond acceptors (Lipinski definition) is 3. The summed E-state index contributed by atoms with van der Waals surface area (Å²) in [5, 5.41) is 9.69. The molecule has 2 aromatic carbocycles. The second-order valence-electron chi connectivity index (χ2n) is 4.64. The zero-order valence-corrected chi connectivity index (χ0v) is 11.2. The largest absolute Gasteiger partial charge is 0.481 e. The molecule has 0 fully saturated rings. The van der Waals surface area contributed by atoms with Gasteiger partial charge in [0.2, 0.25) is 0 Å². The van der Waals surface area contributed by atoms with Gasteiger partial charge >= 0.3 is 5.97 Å². The Morgan fingerprint density at radius 1 is 1.05 bits per heavy atom. The first kappa shape index (κ1) is 13.1. The molecule has 1 heterocycles. The third-order valence-electron chi connectivity index (χ3n) is 3.12. The van der Waals surface area contributed by atoms with Crippen LogP contribution in [-0.2, 0) is 11.2 Å². The number of carboxylic acid groups (broad SMARTS) is 1. The van der Waals surface area contributed by atoms with Crippen molar-refractivity contribution in [1.82, 2.24) is 4.98 Å². The average molecular weight is 279 g/mol. The molecular formula is C17H13NO3. The summed E-state index contributed by atoms with van der Waals surface area (Å²) in [4.78, 5) is 14.9. The third-order valence-corrected chi connectivity index (χ3v) is 3.12. The summed E-state index contributed by atoms with van der Waals surface area (Å²) in [5.74, 6) is 0.552. The molecule has 4 nitrogen and oxygen atoms in total. The summed E-state index contributed by atoms with van der Waals surface area (Å²) < 4.78 is 5.86. The van der Waals surface area contributed by atoms with E-state index < -0.39 is 5.97 Å². The van der Waals surface area contributed by atoms with E-state index in [4.69, 9.17) is 9.84 Å². The van der Waals surface area contributed by atoms with Gasteiger partial charge in [-0.15, -0.1) is 0 Å². The van der Waals surface area contributed by atoms with Gasteiger partial charge < -0.3 is 9.84 Å². The summed E-state index contributed by atoms with van der Waals surface area (Å²) in [6, 6.07) is 16.6. The van der Waals surface area contributed by atoms with Crippen LogP contribution in [0.4, 0.5) is 0 Å². The summed E-state index contributed by atoms with van der Waals surface area (Å²) >= 11 is 0. The number of rotatable bonds is 4. The topological polar surface area (TPSA) is 59.4 Å². The Morgan fingerprint density at radius 2 is 1.81 bits per heavy atom. The van der Waals surface area contributed by atoms with E-state index in [0.29, 0.717) is 5.75 Å². The number of hydrogen-bond donors (Lipinski definition) is 1. The lowest BCUT2D eigenvalue weighted by Gasteiger charge is -2.08. The van der Waals surface area contributed by atoms with E-state index in [2.05, 4.69) is 4.98 Å². The van der Waals surface area contributed by atoms with E-state index in [1.807, 2.05) is 30.3 Å². The fraction of sp³-hybridized carbons (Fsp3) is 0.0588. The van der Waals surface area contributed by atoms with Crippen LogP contribution in [0.25, 0.3) is 10.9 Å². The highest BCUT2D eigenvalue weighted by Crippen LogP contribution is 2.28. The summed E-state index contributed by atoms with van der Waals surface area (Å²) in [5.41, 5.74) is 1.62. The molecule has 0 unspecified atom stereocenters. The lowest BCUT2D eigenvalue weighted by molar-refractivity contribution is -0.136. The number of aromatic nitrogens is 1. The van der Waals surface area contributed by atoms with Crippen molar-refractivity contribution in [3.63, 3.8) is 0 Å². The smallest absolute Gasteiger partial charge is 0.307 e. The molecule has 0 atom stereocenters. The highest BCUT2D eigenvalue weighted by molar-refractivity contribution is 5.84. The quantitative estimate of drug-likeness (QED) is 0.791. The molecule has 0 aliphatic rings. The van der Waals surface area contributed by atoms with Crippen molar-refractivity contribution >= 4 is 16.9 Å². The highest BCUT2D eigenvalue weighted by Gasteiger charge is 2.05. The van der Waals surface area contributed by atoms with Crippen LogP contribution in [0.15, 0.2) is 60.8 Å². The van der Waals surface area contributed by atoms with Gasteiger partial charge in [0.05, 0.1) is 11.9 Å². The second-order valence-corrected chi connectivity index (χ2v) is 4.64. The van der Waals surface area contributed by atoms with Crippen LogP contribution in [0.2, 0.25) is 0 Å². The van der Waals surface area contributed by atoms with Gasteiger partial charge in [-0.25, -0.2) is 0 Å². The SMILES string of the molecule is O=C(O)Cc1ccc(Oc2ccnc3ccccc23)cc1. The summed E-state index contributed by atoms with van der Waals surface area (Å²) in [6.07, 6.45) is 1.72. The zero-order valence-electron chi connectivity index (χ0n) is 11.2. The maximum Gasteiger partial charge on any atom is 0.307 e. The molecule has 3 aromatic rings. The van der Waals surface area contributed by atoms with Gasteiger partial charge in [-0.2, -0.15) is 0 Å². The van der Waals surface area contributed by atoms with Crippen LogP contribution in [-0.4, -0.2) is 16.1 Å². The van der Waals surface area contributed by atoms with Gasteiger partial charge in [-0.3, -0.25) is 9.78 Å². The third kappa shape index (κ3) is 3.00. The van der Waals surface area contributed by atoms with Crippen LogP contribution in [0.3, 0.4) is 0 Å². The Kier molecular flexibility index (Phi) is 3.51. The Hall–Kier alpha value is -2.88. The predicted octanol–water partition coefficient (Wildman–Crippen LogP) is 3.65. The lowest BCUT2D eigenvalue weighted by Crippen LogP contribution is -1.99. The van der Waals surface area contributed by atoms with E-state index in [-0.39, 0.29) is 6.42 Å². The van der Waals surface area contributed by atoms with Crippen LogP contribution in [0, 0.1) is 0 Å². The molecule has 3 rings (SSSR count). The van der Waals surface area contributed by atoms with Crippen molar-refractivity contribution in [1.29, 1.82) is 0 Å². The predicted molar refractivity (Wildman–Crippen MR) is 79.6 cm³/mol. The normalized spacial score (nSPS) is 10.5. The van der Waals surface area contributed by atoms with Crippen LogP contribution < -0.4 is 4.74 Å². The number of fused-ring (bicyclic) bond motifs is 1.